The van der Waals surface area contributed by atoms with Crippen molar-refractivity contribution in [3.05, 3.63) is 51.7 Å². The van der Waals surface area contributed by atoms with Gasteiger partial charge in [0.25, 0.3) is 0 Å². The van der Waals surface area contributed by atoms with Crippen molar-refractivity contribution >= 4 is 11.3 Å². The summed E-state index contributed by atoms with van der Waals surface area (Å²) in [5.41, 5.74) is 7.06. The van der Waals surface area contributed by atoms with E-state index in [0.29, 0.717) is 18.5 Å². The molecule has 0 saturated carbocycles. The van der Waals surface area contributed by atoms with E-state index < -0.39 is 0 Å². The molecule has 0 aliphatic rings. The number of thiazole rings is 1. The van der Waals surface area contributed by atoms with Gasteiger partial charge in [-0.2, -0.15) is 0 Å². The molecule has 0 aliphatic carbocycles. The van der Waals surface area contributed by atoms with Gasteiger partial charge in [-0.1, -0.05) is 18.2 Å². The third kappa shape index (κ3) is 2.65. The van der Waals surface area contributed by atoms with Gasteiger partial charge in [-0.15, -0.1) is 11.3 Å². The lowest BCUT2D eigenvalue weighted by Gasteiger charge is -1.99. The molecule has 0 unspecified atom stereocenters. The molecule has 0 saturated heterocycles. The van der Waals surface area contributed by atoms with Crippen LogP contribution in [-0.2, 0) is 12.8 Å². The molecular weight excluding hydrogens is 223 g/mol. The number of benzene rings is 1. The van der Waals surface area contributed by atoms with E-state index in [1.165, 1.54) is 6.07 Å². The van der Waals surface area contributed by atoms with Crippen LogP contribution in [0, 0.1) is 5.82 Å². The number of aromatic nitrogens is 1. The van der Waals surface area contributed by atoms with Crippen molar-refractivity contribution in [3.8, 4) is 0 Å². The Labute approximate surface area is 97.9 Å². The molecule has 84 valence electrons. The van der Waals surface area contributed by atoms with Crippen LogP contribution >= 0.6 is 11.3 Å². The van der Waals surface area contributed by atoms with Gasteiger partial charge >= 0.3 is 0 Å². The maximum absolute atomic E-state index is 13.4. The highest BCUT2D eigenvalue weighted by molar-refractivity contribution is 7.09. The monoisotopic (exact) mass is 236 g/mol. The fraction of sp³-hybridized carbons (Fsp3) is 0.250. The summed E-state index contributed by atoms with van der Waals surface area (Å²) in [5, 5.41) is 2.99. The van der Waals surface area contributed by atoms with Crippen LogP contribution in [0.25, 0.3) is 0 Å². The molecule has 0 spiro atoms. The first kappa shape index (κ1) is 11.2. The third-order valence-electron chi connectivity index (χ3n) is 2.29. The molecule has 1 aromatic heterocycles. The Balaban J connectivity index is 2.11. The van der Waals surface area contributed by atoms with E-state index in [9.17, 15) is 4.39 Å². The Kier molecular flexibility index (Phi) is 3.64. The Morgan fingerprint density at radius 3 is 2.88 bits per heavy atom. The second kappa shape index (κ2) is 5.18. The lowest BCUT2D eigenvalue weighted by molar-refractivity contribution is 0.613. The van der Waals surface area contributed by atoms with E-state index >= 15 is 0 Å². The van der Waals surface area contributed by atoms with Gasteiger partial charge in [-0.3, -0.25) is 0 Å². The average molecular weight is 236 g/mol. The summed E-state index contributed by atoms with van der Waals surface area (Å²) in [4.78, 5) is 4.41. The van der Waals surface area contributed by atoms with Gasteiger partial charge in [0.05, 0.1) is 10.7 Å². The summed E-state index contributed by atoms with van der Waals surface area (Å²) < 4.78 is 13.4. The van der Waals surface area contributed by atoms with Gasteiger partial charge in [0, 0.05) is 18.2 Å². The van der Waals surface area contributed by atoms with Gasteiger partial charge in [0.15, 0.2) is 0 Å². The number of hydrogen-bond donors (Lipinski definition) is 1. The van der Waals surface area contributed by atoms with E-state index in [4.69, 9.17) is 5.73 Å². The SMILES string of the molecule is NCCc1nc(Cc2ccccc2F)cs1. The standard InChI is InChI=1S/C12H13FN2S/c13-11-4-2-1-3-9(11)7-10-8-16-12(15-10)5-6-14/h1-4,8H,5-7,14H2. The van der Waals surface area contributed by atoms with Crippen molar-refractivity contribution in [2.24, 2.45) is 5.73 Å². The van der Waals surface area contributed by atoms with Crippen molar-refractivity contribution in [2.75, 3.05) is 6.54 Å². The number of nitrogens with zero attached hydrogens (tertiary/aromatic N) is 1. The molecule has 0 radical (unpaired) electrons. The van der Waals surface area contributed by atoms with Gasteiger partial charge in [0.2, 0.25) is 0 Å². The molecule has 2 rings (SSSR count). The number of halogens is 1. The smallest absolute Gasteiger partial charge is 0.126 e. The molecule has 0 aliphatic heterocycles. The van der Waals surface area contributed by atoms with Gasteiger partial charge in [-0.25, -0.2) is 9.37 Å². The topological polar surface area (TPSA) is 38.9 Å². The van der Waals surface area contributed by atoms with Crippen molar-refractivity contribution < 1.29 is 4.39 Å². The zero-order valence-corrected chi connectivity index (χ0v) is 9.64. The molecule has 2 N–H and O–H groups in total. The summed E-state index contributed by atoms with van der Waals surface area (Å²) in [5.74, 6) is -0.170. The number of nitrogens with two attached hydrogens (primary N) is 1. The fourth-order valence-electron chi connectivity index (χ4n) is 1.51. The zero-order valence-electron chi connectivity index (χ0n) is 8.82. The summed E-state index contributed by atoms with van der Waals surface area (Å²) in [6, 6.07) is 6.80. The van der Waals surface area contributed by atoms with E-state index in [-0.39, 0.29) is 5.82 Å². The van der Waals surface area contributed by atoms with Crippen LogP contribution in [0.1, 0.15) is 16.3 Å². The summed E-state index contributed by atoms with van der Waals surface area (Å²) in [6.45, 7) is 0.604. The van der Waals surface area contributed by atoms with Crippen LogP contribution in [-0.4, -0.2) is 11.5 Å². The van der Waals surface area contributed by atoms with Crippen LogP contribution in [0.5, 0.6) is 0 Å². The minimum Gasteiger partial charge on any atom is -0.330 e. The quantitative estimate of drug-likeness (QED) is 0.885. The zero-order chi connectivity index (χ0) is 11.4. The molecule has 2 aromatic rings. The lowest BCUT2D eigenvalue weighted by Crippen LogP contribution is -2.02. The van der Waals surface area contributed by atoms with Crippen molar-refractivity contribution in [2.45, 2.75) is 12.8 Å². The molecule has 0 fully saturated rings. The molecule has 0 bridgehead atoms. The minimum atomic E-state index is -0.170. The normalized spacial score (nSPS) is 10.6. The second-order valence-corrected chi connectivity index (χ2v) is 4.48. The summed E-state index contributed by atoms with van der Waals surface area (Å²) in [7, 11) is 0. The van der Waals surface area contributed by atoms with Crippen molar-refractivity contribution in [1.82, 2.24) is 4.98 Å². The summed E-state index contributed by atoms with van der Waals surface area (Å²) in [6.07, 6.45) is 1.34. The van der Waals surface area contributed by atoms with Crippen LogP contribution in [0.2, 0.25) is 0 Å². The predicted octanol–water partition coefficient (Wildman–Crippen LogP) is 2.37. The second-order valence-electron chi connectivity index (χ2n) is 3.54. The molecule has 0 amide bonds. The first-order chi connectivity index (χ1) is 7.79. The molecular formula is C12H13FN2S. The summed E-state index contributed by atoms with van der Waals surface area (Å²) >= 11 is 1.59. The number of rotatable bonds is 4. The highest BCUT2D eigenvalue weighted by Gasteiger charge is 2.05. The van der Waals surface area contributed by atoms with E-state index in [1.807, 2.05) is 11.4 Å². The molecule has 1 heterocycles. The third-order valence-corrected chi connectivity index (χ3v) is 3.24. The lowest BCUT2D eigenvalue weighted by atomic mass is 10.1. The average Bonchev–Trinajstić information content (AvgIpc) is 2.70. The van der Waals surface area contributed by atoms with Crippen LogP contribution in [0.4, 0.5) is 4.39 Å². The molecule has 2 nitrogen and oxygen atoms in total. The maximum Gasteiger partial charge on any atom is 0.126 e. The predicted molar refractivity (Wildman–Crippen MR) is 64.1 cm³/mol. The largest absolute Gasteiger partial charge is 0.330 e. The van der Waals surface area contributed by atoms with E-state index in [0.717, 1.165) is 17.1 Å². The van der Waals surface area contributed by atoms with Gasteiger partial charge in [-0.05, 0) is 18.2 Å². The molecule has 16 heavy (non-hydrogen) atoms. The molecule has 4 heteroatoms. The van der Waals surface area contributed by atoms with Crippen molar-refractivity contribution in [3.63, 3.8) is 0 Å². The molecule has 0 atom stereocenters. The Morgan fingerprint density at radius 1 is 1.31 bits per heavy atom. The van der Waals surface area contributed by atoms with Crippen molar-refractivity contribution in [1.29, 1.82) is 0 Å². The Bertz CT molecular complexity index is 468. The first-order valence-electron chi connectivity index (χ1n) is 5.16. The van der Waals surface area contributed by atoms with Gasteiger partial charge in [0.1, 0.15) is 5.82 Å². The first-order valence-corrected chi connectivity index (χ1v) is 6.04. The van der Waals surface area contributed by atoms with Gasteiger partial charge < -0.3 is 5.73 Å². The van der Waals surface area contributed by atoms with Crippen LogP contribution in [0.15, 0.2) is 29.6 Å². The Morgan fingerprint density at radius 2 is 2.12 bits per heavy atom. The van der Waals surface area contributed by atoms with Crippen LogP contribution in [0.3, 0.4) is 0 Å². The highest BCUT2D eigenvalue weighted by Crippen LogP contribution is 2.16. The van der Waals surface area contributed by atoms with Crippen LogP contribution < -0.4 is 5.73 Å². The molecule has 1 aromatic carbocycles. The number of hydrogen-bond acceptors (Lipinski definition) is 3. The fourth-order valence-corrected chi connectivity index (χ4v) is 2.32. The van der Waals surface area contributed by atoms with E-state index in [2.05, 4.69) is 4.98 Å². The highest BCUT2D eigenvalue weighted by atomic mass is 32.1. The minimum absolute atomic E-state index is 0.170. The Hall–Kier alpha value is -1.26. The van der Waals surface area contributed by atoms with E-state index in [1.54, 1.807) is 23.5 Å². The maximum atomic E-state index is 13.4.